The first-order valence-corrected chi connectivity index (χ1v) is 11.6. The van der Waals surface area contributed by atoms with Crippen molar-refractivity contribution in [2.45, 2.75) is 38.8 Å². The zero-order chi connectivity index (χ0) is 21.9. The van der Waals surface area contributed by atoms with Crippen molar-refractivity contribution in [2.75, 3.05) is 32.7 Å². The van der Waals surface area contributed by atoms with E-state index >= 15 is 0 Å². The quantitative estimate of drug-likeness (QED) is 0.590. The molecule has 1 aliphatic heterocycles. The highest BCUT2D eigenvalue weighted by molar-refractivity contribution is 5.56. The summed E-state index contributed by atoms with van der Waals surface area (Å²) in [4.78, 5) is 21.3. The average molecular weight is 434 g/mol. The van der Waals surface area contributed by atoms with Crippen molar-refractivity contribution < 1.29 is 0 Å². The monoisotopic (exact) mass is 433 g/mol. The fourth-order valence-corrected chi connectivity index (χ4v) is 4.85. The Hall–Kier alpha value is -2.84. The van der Waals surface area contributed by atoms with E-state index in [9.17, 15) is 4.79 Å². The van der Waals surface area contributed by atoms with Gasteiger partial charge in [0.25, 0.3) is 5.56 Å². The first-order chi connectivity index (χ1) is 15.7. The van der Waals surface area contributed by atoms with Crippen LogP contribution in [0.2, 0.25) is 0 Å². The van der Waals surface area contributed by atoms with Crippen LogP contribution in [0.25, 0.3) is 11.3 Å². The van der Waals surface area contributed by atoms with E-state index in [0.717, 1.165) is 56.9 Å². The maximum atomic E-state index is 12.3. The lowest BCUT2D eigenvalue weighted by atomic mass is 9.95. The molecule has 5 rings (SSSR count). The number of nitrogens with zero attached hydrogens (tertiary/aromatic N) is 7. The predicted molar refractivity (Wildman–Crippen MR) is 123 cm³/mol. The zero-order valence-corrected chi connectivity index (χ0v) is 18.8. The lowest BCUT2D eigenvalue weighted by Crippen LogP contribution is -2.47. The van der Waals surface area contributed by atoms with Crippen molar-refractivity contribution in [3.8, 4) is 11.3 Å². The molecule has 1 aliphatic carbocycles. The molecule has 0 aromatic carbocycles. The molecule has 0 unspecified atom stereocenters. The summed E-state index contributed by atoms with van der Waals surface area (Å²) in [6.07, 6.45) is 8.35. The Balaban J connectivity index is 1.16. The molecule has 0 saturated carbocycles. The molecular formula is C24H31N7O. The Morgan fingerprint density at radius 3 is 2.44 bits per heavy atom. The SMILES string of the molecule is Cn1nc2c(c1CN1CCN(CCn3nc(-c4ccncc4)ccc3=O)CC1)CCCC2. The lowest BCUT2D eigenvalue weighted by Gasteiger charge is -2.34. The number of aryl methyl sites for hydroxylation is 2. The van der Waals surface area contributed by atoms with Gasteiger partial charge in [0.15, 0.2) is 0 Å². The van der Waals surface area contributed by atoms with Gasteiger partial charge < -0.3 is 0 Å². The van der Waals surface area contributed by atoms with Crippen LogP contribution >= 0.6 is 0 Å². The van der Waals surface area contributed by atoms with E-state index in [0.29, 0.717) is 6.54 Å². The highest BCUT2D eigenvalue weighted by Gasteiger charge is 2.23. The summed E-state index contributed by atoms with van der Waals surface area (Å²) in [6.45, 7) is 6.53. The number of pyridine rings is 1. The molecule has 1 fully saturated rings. The smallest absolute Gasteiger partial charge is 0.266 e. The van der Waals surface area contributed by atoms with Gasteiger partial charge in [0.05, 0.1) is 23.6 Å². The van der Waals surface area contributed by atoms with Crippen LogP contribution in [0.4, 0.5) is 0 Å². The van der Waals surface area contributed by atoms with E-state index in [1.165, 1.54) is 36.2 Å². The molecule has 3 aromatic rings. The summed E-state index contributed by atoms with van der Waals surface area (Å²) in [5.74, 6) is 0. The molecule has 3 aromatic heterocycles. The molecule has 0 atom stereocenters. The highest BCUT2D eigenvalue weighted by Crippen LogP contribution is 2.25. The first-order valence-electron chi connectivity index (χ1n) is 11.6. The van der Waals surface area contributed by atoms with Gasteiger partial charge in [-0.05, 0) is 49.4 Å². The lowest BCUT2D eigenvalue weighted by molar-refractivity contribution is 0.120. The van der Waals surface area contributed by atoms with Crippen LogP contribution in [-0.2, 0) is 33.0 Å². The number of fused-ring (bicyclic) bond motifs is 1. The summed E-state index contributed by atoms with van der Waals surface area (Å²) < 4.78 is 3.69. The molecule has 2 aliphatic rings. The minimum Gasteiger partial charge on any atom is -0.299 e. The molecule has 0 amide bonds. The summed E-state index contributed by atoms with van der Waals surface area (Å²) in [6, 6.07) is 7.21. The molecule has 4 heterocycles. The third kappa shape index (κ3) is 4.52. The maximum Gasteiger partial charge on any atom is 0.266 e. The Kier molecular flexibility index (Phi) is 6.14. The van der Waals surface area contributed by atoms with Gasteiger partial charge in [0.1, 0.15) is 0 Å². The minimum absolute atomic E-state index is 0.0533. The molecule has 0 radical (unpaired) electrons. The van der Waals surface area contributed by atoms with Crippen molar-refractivity contribution in [1.29, 1.82) is 0 Å². The summed E-state index contributed by atoms with van der Waals surface area (Å²) in [5.41, 5.74) is 5.94. The Labute approximate surface area is 188 Å². The fourth-order valence-electron chi connectivity index (χ4n) is 4.85. The summed E-state index contributed by atoms with van der Waals surface area (Å²) in [5, 5.41) is 9.34. The van der Waals surface area contributed by atoms with Crippen molar-refractivity contribution >= 4 is 0 Å². The average Bonchev–Trinajstić information content (AvgIpc) is 3.15. The van der Waals surface area contributed by atoms with Crippen molar-refractivity contribution in [2.24, 2.45) is 7.05 Å². The van der Waals surface area contributed by atoms with Gasteiger partial charge in [0.2, 0.25) is 0 Å². The topological polar surface area (TPSA) is 72.1 Å². The molecule has 168 valence electrons. The van der Waals surface area contributed by atoms with E-state index in [4.69, 9.17) is 5.10 Å². The third-order valence-corrected chi connectivity index (χ3v) is 6.76. The van der Waals surface area contributed by atoms with E-state index < -0.39 is 0 Å². The fraction of sp³-hybridized carbons (Fsp3) is 0.500. The van der Waals surface area contributed by atoms with Crippen molar-refractivity contribution in [3.05, 3.63) is 64.0 Å². The van der Waals surface area contributed by atoms with Crippen molar-refractivity contribution in [1.82, 2.24) is 34.3 Å². The van der Waals surface area contributed by atoms with Crippen molar-refractivity contribution in [3.63, 3.8) is 0 Å². The van der Waals surface area contributed by atoms with Crippen LogP contribution in [-0.4, -0.2) is 67.1 Å². The number of aromatic nitrogens is 5. The second-order valence-electron chi connectivity index (χ2n) is 8.84. The van der Waals surface area contributed by atoms with E-state index in [1.807, 2.05) is 12.1 Å². The van der Waals surface area contributed by atoms with Gasteiger partial charge >= 0.3 is 0 Å². The maximum absolute atomic E-state index is 12.3. The molecule has 8 heteroatoms. The summed E-state index contributed by atoms with van der Waals surface area (Å²) >= 11 is 0. The molecule has 32 heavy (non-hydrogen) atoms. The molecule has 0 spiro atoms. The van der Waals surface area contributed by atoms with Crippen LogP contribution in [0.1, 0.15) is 29.8 Å². The van der Waals surface area contributed by atoms with Gasteiger partial charge in [-0.3, -0.25) is 24.3 Å². The first kappa shape index (κ1) is 21.0. The standard InChI is InChI=1S/C24H31N7O/c1-28-23(20-4-2-3-5-22(20)26-28)18-30-14-12-29(13-15-30)16-17-31-24(32)7-6-21(27-31)19-8-10-25-11-9-19/h6-11H,2-5,12-18H2,1H3. The Morgan fingerprint density at radius 1 is 0.875 bits per heavy atom. The number of rotatable bonds is 6. The van der Waals surface area contributed by atoms with Gasteiger partial charge in [-0.15, -0.1) is 0 Å². The van der Waals surface area contributed by atoms with Gasteiger partial charge in [0, 0.05) is 70.3 Å². The molecule has 1 saturated heterocycles. The normalized spacial score (nSPS) is 17.4. The number of hydrogen-bond acceptors (Lipinski definition) is 6. The van der Waals surface area contributed by atoms with Gasteiger partial charge in [-0.1, -0.05) is 0 Å². The van der Waals surface area contributed by atoms with Crippen LogP contribution < -0.4 is 5.56 Å². The number of piperazine rings is 1. The molecule has 8 nitrogen and oxygen atoms in total. The molecule has 0 N–H and O–H groups in total. The zero-order valence-electron chi connectivity index (χ0n) is 18.8. The molecule has 0 bridgehead atoms. The van der Waals surface area contributed by atoms with Gasteiger partial charge in [-0.2, -0.15) is 10.2 Å². The van der Waals surface area contributed by atoms with E-state index in [-0.39, 0.29) is 5.56 Å². The van der Waals surface area contributed by atoms with Crippen LogP contribution in [0.15, 0.2) is 41.5 Å². The molecular weight excluding hydrogens is 402 g/mol. The van der Waals surface area contributed by atoms with Crippen LogP contribution in [0.5, 0.6) is 0 Å². The van der Waals surface area contributed by atoms with E-state index in [1.54, 1.807) is 29.2 Å². The third-order valence-electron chi connectivity index (χ3n) is 6.76. The highest BCUT2D eigenvalue weighted by atomic mass is 16.1. The second-order valence-corrected chi connectivity index (χ2v) is 8.84. The minimum atomic E-state index is -0.0533. The second kappa shape index (κ2) is 9.34. The largest absolute Gasteiger partial charge is 0.299 e. The predicted octanol–water partition coefficient (Wildman–Crippen LogP) is 1.74. The van der Waals surface area contributed by atoms with Crippen LogP contribution in [0, 0.1) is 0 Å². The summed E-state index contributed by atoms with van der Waals surface area (Å²) in [7, 11) is 2.09. The van der Waals surface area contributed by atoms with Crippen LogP contribution in [0.3, 0.4) is 0 Å². The Morgan fingerprint density at radius 2 is 1.62 bits per heavy atom. The van der Waals surface area contributed by atoms with E-state index in [2.05, 4.69) is 31.6 Å². The number of hydrogen-bond donors (Lipinski definition) is 0. The Bertz CT molecular complexity index is 1110. The van der Waals surface area contributed by atoms with Gasteiger partial charge in [-0.25, -0.2) is 4.68 Å².